The second-order valence-corrected chi connectivity index (χ2v) is 6.78. The fourth-order valence-electron chi connectivity index (χ4n) is 2.34. The quantitative estimate of drug-likeness (QED) is 0.844. The van der Waals surface area contributed by atoms with E-state index >= 15 is 0 Å². The maximum absolute atomic E-state index is 12.1. The molecule has 0 aromatic carbocycles. The lowest BCUT2D eigenvalue weighted by Crippen LogP contribution is -2.41. The minimum atomic E-state index is -3.48. The van der Waals surface area contributed by atoms with Gasteiger partial charge < -0.3 is 10.1 Å². The number of aliphatic hydroxyl groups is 1. The standard InChI is InChI=1S/C11H18N2O3S/c1-13(9-11(14)5-2-3-6-11)17(15,16)10-4-7-12-8-10/h4,7-8,12,14H,2-3,5-6,9H2,1H3. The molecule has 0 saturated heterocycles. The molecule has 1 saturated carbocycles. The molecule has 1 aliphatic rings. The number of nitrogens with zero attached hydrogens (tertiary/aromatic N) is 1. The Morgan fingerprint density at radius 3 is 2.65 bits per heavy atom. The van der Waals surface area contributed by atoms with Crippen LogP contribution in [-0.4, -0.2) is 42.0 Å². The van der Waals surface area contributed by atoms with Crippen LogP contribution in [0.3, 0.4) is 0 Å². The van der Waals surface area contributed by atoms with Crippen LogP contribution in [0.4, 0.5) is 0 Å². The van der Waals surface area contributed by atoms with Gasteiger partial charge in [-0.2, -0.15) is 4.31 Å². The lowest BCUT2D eigenvalue weighted by Gasteiger charge is -2.27. The largest absolute Gasteiger partial charge is 0.389 e. The molecule has 0 spiro atoms. The highest BCUT2D eigenvalue weighted by Crippen LogP contribution is 2.31. The maximum atomic E-state index is 12.1. The van der Waals surface area contributed by atoms with Crippen LogP contribution in [0.1, 0.15) is 25.7 Å². The molecule has 96 valence electrons. The molecule has 0 radical (unpaired) electrons. The van der Waals surface area contributed by atoms with E-state index in [1.807, 2.05) is 0 Å². The molecule has 17 heavy (non-hydrogen) atoms. The van der Waals surface area contributed by atoms with Gasteiger partial charge in [0.2, 0.25) is 10.0 Å². The number of rotatable bonds is 4. The van der Waals surface area contributed by atoms with Crippen molar-refractivity contribution in [1.82, 2.24) is 9.29 Å². The summed E-state index contributed by atoms with van der Waals surface area (Å²) in [4.78, 5) is 2.96. The molecule has 1 fully saturated rings. The van der Waals surface area contributed by atoms with E-state index < -0.39 is 15.6 Å². The van der Waals surface area contributed by atoms with E-state index in [-0.39, 0.29) is 11.4 Å². The number of hydrogen-bond acceptors (Lipinski definition) is 3. The van der Waals surface area contributed by atoms with E-state index in [0.29, 0.717) is 12.8 Å². The van der Waals surface area contributed by atoms with Gasteiger partial charge in [0.1, 0.15) is 0 Å². The van der Waals surface area contributed by atoms with E-state index in [0.717, 1.165) is 12.8 Å². The molecule has 2 N–H and O–H groups in total. The SMILES string of the molecule is CN(CC1(O)CCCC1)S(=O)(=O)c1cc[nH]c1. The number of likely N-dealkylation sites (N-methyl/N-ethyl adjacent to an activating group) is 1. The summed E-state index contributed by atoms with van der Waals surface area (Å²) < 4.78 is 25.5. The van der Waals surface area contributed by atoms with Crippen LogP contribution in [0.5, 0.6) is 0 Å². The average molecular weight is 258 g/mol. The van der Waals surface area contributed by atoms with E-state index in [4.69, 9.17) is 0 Å². The molecular formula is C11H18N2O3S. The summed E-state index contributed by atoms with van der Waals surface area (Å²) in [6.45, 7) is 0.167. The smallest absolute Gasteiger partial charge is 0.244 e. The van der Waals surface area contributed by atoms with Crippen LogP contribution < -0.4 is 0 Å². The lowest BCUT2D eigenvalue weighted by molar-refractivity contribution is 0.0333. The topological polar surface area (TPSA) is 73.4 Å². The van der Waals surface area contributed by atoms with Crippen molar-refractivity contribution >= 4 is 10.0 Å². The van der Waals surface area contributed by atoms with Crippen LogP contribution in [-0.2, 0) is 10.0 Å². The third kappa shape index (κ3) is 2.53. The first kappa shape index (κ1) is 12.6. The molecule has 1 heterocycles. The van der Waals surface area contributed by atoms with Gasteiger partial charge in [0, 0.05) is 26.0 Å². The summed E-state index contributed by atoms with van der Waals surface area (Å²) in [5, 5.41) is 10.2. The molecule has 0 unspecified atom stereocenters. The summed E-state index contributed by atoms with van der Waals surface area (Å²) >= 11 is 0. The monoisotopic (exact) mass is 258 g/mol. The van der Waals surface area contributed by atoms with Crippen molar-refractivity contribution < 1.29 is 13.5 Å². The summed E-state index contributed by atoms with van der Waals surface area (Å²) in [7, 11) is -1.97. The summed E-state index contributed by atoms with van der Waals surface area (Å²) in [5.41, 5.74) is -0.849. The minimum absolute atomic E-state index is 0.167. The van der Waals surface area contributed by atoms with Crippen molar-refractivity contribution in [3.05, 3.63) is 18.5 Å². The van der Waals surface area contributed by atoms with E-state index in [1.165, 1.54) is 23.6 Å². The highest BCUT2D eigenvalue weighted by atomic mass is 32.2. The number of sulfonamides is 1. The zero-order valence-electron chi connectivity index (χ0n) is 9.89. The second-order valence-electron chi connectivity index (χ2n) is 4.74. The summed E-state index contributed by atoms with van der Waals surface area (Å²) in [6.07, 6.45) is 6.32. The normalized spacial score (nSPS) is 19.9. The number of nitrogens with one attached hydrogen (secondary N) is 1. The van der Waals surface area contributed by atoms with Crippen molar-refractivity contribution in [2.45, 2.75) is 36.2 Å². The Labute approximate surface area is 102 Å². The van der Waals surface area contributed by atoms with Gasteiger partial charge in [-0.15, -0.1) is 0 Å². The van der Waals surface area contributed by atoms with Crippen LogP contribution in [0, 0.1) is 0 Å². The molecule has 2 rings (SSSR count). The molecule has 1 aromatic rings. The van der Waals surface area contributed by atoms with E-state index in [2.05, 4.69) is 4.98 Å². The molecule has 0 amide bonds. The van der Waals surface area contributed by atoms with Gasteiger partial charge in [0.25, 0.3) is 0 Å². The Balaban J connectivity index is 2.12. The maximum Gasteiger partial charge on any atom is 0.244 e. The van der Waals surface area contributed by atoms with Gasteiger partial charge in [-0.05, 0) is 18.9 Å². The van der Waals surface area contributed by atoms with Gasteiger partial charge in [-0.3, -0.25) is 0 Å². The van der Waals surface area contributed by atoms with Crippen molar-refractivity contribution in [2.75, 3.05) is 13.6 Å². The third-order valence-electron chi connectivity index (χ3n) is 3.33. The van der Waals surface area contributed by atoms with Crippen LogP contribution in [0.25, 0.3) is 0 Å². The van der Waals surface area contributed by atoms with Gasteiger partial charge in [-0.1, -0.05) is 12.8 Å². The fourth-order valence-corrected chi connectivity index (χ4v) is 3.57. The molecule has 1 aromatic heterocycles. The zero-order chi connectivity index (χ0) is 12.5. The first-order chi connectivity index (χ1) is 7.94. The molecule has 0 atom stereocenters. The number of aromatic amines is 1. The van der Waals surface area contributed by atoms with Crippen LogP contribution >= 0.6 is 0 Å². The second kappa shape index (κ2) is 4.44. The Morgan fingerprint density at radius 1 is 1.47 bits per heavy atom. The molecule has 0 bridgehead atoms. The number of hydrogen-bond donors (Lipinski definition) is 2. The molecular weight excluding hydrogens is 240 g/mol. The molecule has 6 heteroatoms. The van der Waals surface area contributed by atoms with Crippen LogP contribution in [0.15, 0.2) is 23.4 Å². The lowest BCUT2D eigenvalue weighted by atomic mass is 10.0. The van der Waals surface area contributed by atoms with Crippen molar-refractivity contribution in [1.29, 1.82) is 0 Å². The molecule has 1 aliphatic carbocycles. The van der Waals surface area contributed by atoms with Crippen LogP contribution in [0.2, 0.25) is 0 Å². The van der Waals surface area contributed by atoms with E-state index in [9.17, 15) is 13.5 Å². The van der Waals surface area contributed by atoms with Crippen molar-refractivity contribution in [3.63, 3.8) is 0 Å². The highest BCUT2D eigenvalue weighted by molar-refractivity contribution is 7.89. The predicted octanol–water partition coefficient (Wildman–Crippen LogP) is 0.940. The van der Waals surface area contributed by atoms with Crippen molar-refractivity contribution in [3.8, 4) is 0 Å². The Hall–Kier alpha value is -0.850. The zero-order valence-corrected chi connectivity index (χ0v) is 10.7. The summed E-state index contributed by atoms with van der Waals surface area (Å²) in [5.74, 6) is 0. The highest BCUT2D eigenvalue weighted by Gasteiger charge is 2.35. The first-order valence-electron chi connectivity index (χ1n) is 5.76. The van der Waals surface area contributed by atoms with Crippen molar-refractivity contribution in [2.24, 2.45) is 0 Å². The Kier molecular flexibility index (Phi) is 3.29. The Bertz CT molecular complexity index is 461. The van der Waals surface area contributed by atoms with Gasteiger partial charge in [0.15, 0.2) is 0 Å². The fraction of sp³-hybridized carbons (Fsp3) is 0.636. The number of aromatic nitrogens is 1. The first-order valence-corrected chi connectivity index (χ1v) is 7.20. The van der Waals surface area contributed by atoms with Gasteiger partial charge in [0.05, 0.1) is 10.5 Å². The predicted molar refractivity (Wildman–Crippen MR) is 64.0 cm³/mol. The molecule has 5 nitrogen and oxygen atoms in total. The van der Waals surface area contributed by atoms with Gasteiger partial charge in [-0.25, -0.2) is 8.42 Å². The number of H-pyrrole nitrogens is 1. The molecule has 0 aliphatic heterocycles. The average Bonchev–Trinajstić information content (AvgIpc) is 2.88. The minimum Gasteiger partial charge on any atom is -0.389 e. The Morgan fingerprint density at radius 2 is 2.12 bits per heavy atom. The van der Waals surface area contributed by atoms with E-state index in [1.54, 1.807) is 6.20 Å². The summed E-state index contributed by atoms with van der Waals surface area (Å²) in [6, 6.07) is 1.52. The van der Waals surface area contributed by atoms with Gasteiger partial charge >= 0.3 is 0 Å². The third-order valence-corrected chi connectivity index (χ3v) is 5.13.